The van der Waals surface area contributed by atoms with Crippen LogP contribution in [-0.4, -0.2) is 31.3 Å². The summed E-state index contributed by atoms with van der Waals surface area (Å²) in [4.78, 5) is 2.09. The van der Waals surface area contributed by atoms with E-state index in [1.165, 1.54) is 11.3 Å². The molecule has 3 heteroatoms. The predicted molar refractivity (Wildman–Crippen MR) is 87.3 cm³/mol. The maximum Gasteiger partial charge on any atom is 0.0746 e. The molecule has 1 aromatic carbocycles. The van der Waals surface area contributed by atoms with Gasteiger partial charge in [-0.25, -0.2) is 0 Å². The van der Waals surface area contributed by atoms with E-state index >= 15 is 0 Å². The molecular formula is C17H30N2O. The SMILES string of the molecule is CC(C)CC(C)(O)CNC(C)c1ccc(N(C)C)cc1. The molecule has 0 aliphatic carbocycles. The van der Waals surface area contributed by atoms with Crippen LogP contribution in [-0.2, 0) is 0 Å². The zero-order valence-electron chi connectivity index (χ0n) is 13.8. The Balaban J connectivity index is 2.56. The number of nitrogens with zero attached hydrogens (tertiary/aromatic N) is 1. The van der Waals surface area contributed by atoms with Gasteiger partial charge in [0.2, 0.25) is 0 Å². The molecule has 0 fully saturated rings. The molecule has 2 N–H and O–H groups in total. The summed E-state index contributed by atoms with van der Waals surface area (Å²) in [5, 5.41) is 13.8. The Hall–Kier alpha value is -1.06. The normalized spacial score (nSPS) is 16.0. The van der Waals surface area contributed by atoms with Gasteiger partial charge in [0.25, 0.3) is 0 Å². The quantitative estimate of drug-likeness (QED) is 0.804. The molecule has 0 aliphatic heterocycles. The van der Waals surface area contributed by atoms with E-state index in [0.717, 1.165) is 6.42 Å². The van der Waals surface area contributed by atoms with Crippen LogP contribution in [0.25, 0.3) is 0 Å². The summed E-state index contributed by atoms with van der Waals surface area (Å²) in [6, 6.07) is 8.78. The second-order valence-electron chi connectivity index (χ2n) is 6.68. The molecule has 20 heavy (non-hydrogen) atoms. The zero-order chi connectivity index (χ0) is 15.3. The van der Waals surface area contributed by atoms with E-state index in [1.54, 1.807) is 0 Å². The second-order valence-corrected chi connectivity index (χ2v) is 6.68. The Bertz CT molecular complexity index is 396. The third-order valence-electron chi connectivity index (χ3n) is 3.55. The Morgan fingerprint density at radius 2 is 1.70 bits per heavy atom. The second kappa shape index (κ2) is 7.09. The fourth-order valence-electron chi connectivity index (χ4n) is 2.50. The number of hydrogen-bond acceptors (Lipinski definition) is 3. The van der Waals surface area contributed by atoms with Crippen LogP contribution < -0.4 is 10.2 Å². The van der Waals surface area contributed by atoms with Crippen LogP contribution >= 0.6 is 0 Å². The summed E-state index contributed by atoms with van der Waals surface area (Å²) in [6.07, 6.45) is 0.812. The smallest absolute Gasteiger partial charge is 0.0746 e. The standard InChI is InChI=1S/C17H30N2O/c1-13(2)11-17(4,20)12-18-14(3)15-7-9-16(10-8-15)19(5)6/h7-10,13-14,18,20H,11-12H2,1-6H3. The van der Waals surface area contributed by atoms with Crippen molar-refractivity contribution in [2.45, 2.75) is 45.8 Å². The molecule has 2 unspecified atom stereocenters. The number of hydrogen-bond donors (Lipinski definition) is 2. The van der Waals surface area contributed by atoms with Crippen LogP contribution in [0.4, 0.5) is 5.69 Å². The molecular weight excluding hydrogens is 248 g/mol. The number of benzene rings is 1. The maximum absolute atomic E-state index is 10.3. The van der Waals surface area contributed by atoms with E-state index in [9.17, 15) is 5.11 Å². The van der Waals surface area contributed by atoms with Crippen LogP contribution in [0.5, 0.6) is 0 Å². The lowest BCUT2D eigenvalue weighted by molar-refractivity contribution is 0.0363. The van der Waals surface area contributed by atoms with E-state index in [1.807, 2.05) is 21.0 Å². The van der Waals surface area contributed by atoms with Gasteiger partial charge >= 0.3 is 0 Å². The molecule has 0 saturated carbocycles. The summed E-state index contributed by atoms with van der Waals surface area (Å²) >= 11 is 0. The summed E-state index contributed by atoms with van der Waals surface area (Å²) in [7, 11) is 4.08. The predicted octanol–water partition coefficient (Wildman–Crippen LogP) is 3.20. The first-order chi connectivity index (χ1) is 9.21. The highest BCUT2D eigenvalue weighted by molar-refractivity contribution is 5.46. The molecule has 0 bridgehead atoms. The fourth-order valence-corrected chi connectivity index (χ4v) is 2.50. The monoisotopic (exact) mass is 278 g/mol. The van der Waals surface area contributed by atoms with Gasteiger partial charge < -0.3 is 15.3 Å². The van der Waals surface area contributed by atoms with E-state index in [0.29, 0.717) is 12.5 Å². The lowest BCUT2D eigenvalue weighted by Crippen LogP contribution is -2.39. The summed E-state index contributed by atoms with van der Waals surface area (Å²) in [5.41, 5.74) is 1.80. The molecule has 0 aromatic heterocycles. The number of anilines is 1. The van der Waals surface area contributed by atoms with Gasteiger partial charge in [0.1, 0.15) is 0 Å². The van der Waals surface area contributed by atoms with Crippen molar-refractivity contribution in [3.05, 3.63) is 29.8 Å². The molecule has 1 rings (SSSR count). The van der Waals surface area contributed by atoms with E-state index in [4.69, 9.17) is 0 Å². The first kappa shape index (κ1) is 17.0. The maximum atomic E-state index is 10.3. The minimum absolute atomic E-state index is 0.241. The van der Waals surface area contributed by atoms with E-state index in [2.05, 4.69) is 55.3 Å². The van der Waals surface area contributed by atoms with Gasteiger partial charge in [-0.15, -0.1) is 0 Å². The van der Waals surface area contributed by atoms with Crippen LogP contribution in [0.15, 0.2) is 24.3 Å². The minimum atomic E-state index is -0.647. The van der Waals surface area contributed by atoms with Crippen LogP contribution in [0, 0.1) is 5.92 Å². The number of rotatable bonds is 7. The molecule has 3 nitrogen and oxygen atoms in total. The third-order valence-corrected chi connectivity index (χ3v) is 3.55. The van der Waals surface area contributed by atoms with Crippen molar-refractivity contribution in [3.8, 4) is 0 Å². The zero-order valence-corrected chi connectivity index (χ0v) is 13.8. The van der Waals surface area contributed by atoms with Gasteiger partial charge in [-0.3, -0.25) is 0 Å². The molecule has 0 radical (unpaired) electrons. The third kappa shape index (κ3) is 5.51. The number of aliphatic hydroxyl groups is 1. The van der Waals surface area contributed by atoms with E-state index in [-0.39, 0.29) is 6.04 Å². The Kier molecular flexibility index (Phi) is 6.03. The van der Waals surface area contributed by atoms with Crippen molar-refractivity contribution in [1.29, 1.82) is 0 Å². The van der Waals surface area contributed by atoms with Crippen LogP contribution in [0.1, 0.15) is 45.7 Å². The van der Waals surface area contributed by atoms with Crippen molar-refractivity contribution >= 4 is 5.69 Å². The molecule has 0 spiro atoms. The molecule has 1 aromatic rings. The highest BCUT2D eigenvalue weighted by Gasteiger charge is 2.22. The van der Waals surface area contributed by atoms with Crippen molar-refractivity contribution in [1.82, 2.24) is 5.32 Å². The van der Waals surface area contributed by atoms with Gasteiger partial charge in [0.15, 0.2) is 0 Å². The average Bonchev–Trinajstić information content (AvgIpc) is 2.34. The van der Waals surface area contributed by atoms with Gasteiger partial charge in [-0.1, -0.05) is 26.0 Å². The number of nitrogens with one attached hydrogen (secondary N) is 1. The topological polar surface area (TPSA) is 35.5 Å². The van der Waals surface area contributed by atoms with Crippen LogP contribution in [0.2, 0.25) is 0 Å². The lowest BCUT2D eigenvalue weighted by atomic mass is 9.94. The fraction of sp³-hybridized carbons (Fsp3) is 0.647. The Morgan fingerprint density at radius 3 is 2.15 bits per heavy atom. The summed E-state index contributed by atoms with van der Waals surface area (Å²) in [6.45, 7) is 8.93. The van der Waals surface area contributed by atoms with Crippen molar-refractivity contribution in [3.63, 3.8) is 0 Å². The first-order valence-corrected chi connectivity index (χ1v) is 7.44. The molecule has 0 aliphatic rings. The highest BCUT2D eigenvalue weighted by atomic mass is 16.3. The van der Waals surface area contributed by atoms with Crippen molar-refractivity contribution < 1.29 is 5.11 Å². The average molecular weight is 278 g/mol. The summed E-state index contributed by atoms with van der Waals surface area (Å²) < 4.78 is 0. The van der Waals surface area contributed by atoms with Crippen LogP contribution in [0.3, 0.4) is 0 Å². The van der Waals surface area contributed by atoms with Gasteiger partial charge in [-0.2, -0.15) is 0 Å². The molecule has 0 saturated heterocycles. The van der Waals surface area contributed by atoms with Gasteiger partial charge in [0, 0.05) is 32.4 Å². The molecule has 0 amide bonds. The Morgan fingerprint density at radius 1 is 1.15 bits per heavy atom. The Labute approximate surface area is 124 Å². The minimum Gasteiger partial charge on any atom is -0.389 e. The van der Waals surface area contributed by atoms with Gasteiger partial charge in [0.05, 0.1) is 5.60 Å². The summed E-state index contributed by atoms with van der Waals surface area (Å²) in [5.74, 6) is 0.501. The largest absolute Gasteiger partial charge is 0.389 e. The molecule has 0 heterocycles. The van der Waals surface area contributed by atoms with Gasteiger partial charge in [-0.05, 0) is 43.9 Å². The van der Waals surface area contributed by atoms with Crippen molar-refractivity contribution in [2.75, 3.05) is 25.5 Å². The first-order valence-electron chi connectivity index (χ1n) is 7.44. The molecule has 114 valence electrons. The molecule has 2 atom stereocenters. The van der Waals surface area contributed by atoms with Crippen molar-refractivity contribution in [2.24, 2.45) is 5.92 Å². The lowest BCUT2D eigenvalue weighted by Gasteiger charge is -2.28. The highest BCUT2D eigenvalue weighted by Crippen LogP contribution is 2.20. The van der Waals surface area contributed by atoms with E-state index < -0.39 is 5.60 Å².